The van der Waals surface area contributed by atoms with E-state index in [2.05, 4.69) is 4.18 Å². The van der Waals surface area contributed by atoms with E-state index in [9.17, 15) is 13.5 Å². The molecule has 0 aliphatic rings. The maximum atomic E-state index is 10.5. The van der Waals surface area contributed by atoms with Crippen molar-refractivity contribution >= 4 is 50.7 Å². The Labute approximate surface area is 120 Å². The van der Waals surface area contributed by atoms with Gasteiger partial charge in [0.25, 0.3) is 0 Å². The number of phenols is 1. The van der Waals surface area contributed by atoms with Crippen molar-refractivity contribution in [2.75, 3.05) is 0 Å². The van der Waals surface area contributed by atoms with Crippen molar-refractivity contribution in [1.82, 2.24) is 0 Å². The topological polar surface area (TPSA) is 83.8 Å². The molecule has 5 nitrogen and oxygen atoms in total. The van der Waals surface area contributed by atoms with Gasteiger partial charge in [0.05, 0.1) is 0 Å². The number of hydrogen-bond acceptors (Lipinski definition) is 4. The van der Waals surface area contributed by atoms with Gasteiger partial charge in [0.15, 0.2) is 0 Å². The molecule has 0 heterocycles. The molecule has 0 saturated heterocycles. The Hall–Kier alpha value is -0.790. The van der Waals surface area contributed by atoms with Crippen LogP contribution in [0.1, 0.15) is 0 Å². The minimum atomic E-state index is -4.50. The Kier molecular flexibility index (Phi) is 4.40. The van der Waals surface area contributed by atoms with E-state index in [1.807, 2.05) is 0 Å². The Bertz CT molecular complexity index is 638. The van der Waals surface area contributed by atoms with E-state index in [4.69, 9.17) is 4.55 Å². The molecule has 2 aromatic carbocycles. The Morgan fingerprint density at radius 3 is 2.24 bits per heavy atom. The number of phenolic OH excluding ortho intramolecular Hbond substituents is 1. The summed E-state index contributed by atoms with van der Waals surface area (Å²) in [6, 6.07) is 9.03. The average molecular weight is 264 g/mol. The summed E-state index contributed by atoms with van der Waals surface area (Å²) < 4.78 is 33.8. The minimum absolute atomic E-state index is 0. The van der Waals surface area contributed by atoms with Crippen LogP contribution >= 0.6 is 0 Å². The van der Waals surface area contributed by atoms with Gasteiger partial charge in [-0.25, -0.2) is 0 Å². The molecule has 86 valence electrons. The Morgan fingerprint density at radius 2 is 1.59 bits per heavy atom. The first-order chi connectivity index (χ1) is 7.44. The summed E-state index contributed by atoms with van der Waals surface area (Å²) in [6.07, 6.45) is 0. The molecule has 0 amide bonds. The van der Waals surface area contributed by atoms with Crippen molar-refractivity contribution < 1.29 is 22.3 Å². The van der Waals surface area contributed by atoms with Crippen molar-refractivity contribution in [3.05, 3.63) is 36.4 Å². The molecule has 0 unspecified atom stereocenters. The number of aromatic hydroxyl groups is 1. The summed E-state index contributed by atoms with van der Waals surface area (Å²) in [5.74, 6) is 0.136. The summed E-state index contributed by atoms with van der Waals surface area (Å²) in [5.41, 5.74) is 0. The van der Waals surface area contributed by atoms with Crippen LogP contribution in [0.2, 0.25) is 0 Å². The number of hydrogen-bond donors (Lipinski definition) is 2. The molecule has 7 heteroatoms. The van der Waals surface area contributed by atoms with E-state index in [1.54, 1.807) is 12.1 Å². The van der Waals surface area contributed by atoms with Gasteiger partial charge in [0.1, 0.15) is 11.5 Å². The van der Waals surface area contributed by atoms with Gasteiger partial charge in [-0.1, -0.05) is 12.1 Å². The monoisotopic (exact) mass is 264 g/mol. The first kappa shape index (κ1) is 14.3. The van der Waals surface area contributed by atoms with Crippen molar-refractivity contribution in [3.63, 3.8) is 0 Å². The number of fused-ring (bicyclic) bond motifs is 1. The molecule has 0 aliphatic heterocycles. The van der Waals surface area contributed by atoms with E-state index in [-0.39, 0.29) is 41.1 Å². The second-order valence-electron chi connectivity index (χ2n) is 3.20. The van der Waals surface area contributed by atoms with Crippen LogP contribution in [0.4, 0.5) is 0 Å². The molecule has 2 aromatic rings. The molecule has 0 aliphatic carbocycles. The molecule has 0 atom stereocenters. The summed E-state index contributed by atoms with van der Waals surface area (Å²) in [6.45, 7) is 0. The molecule has 0 saturated carbocycles. The van der Waals surface area contributed by atoms with Gasteiger partial charge < -0.3 is 9.29 Å². The number of rotatable bonds is 2. The molecule has 0 radical (unpaired) electrons. The van der Waals surface area contributed by atoms with Crippen LogP contribution < -0.4 is 4.18 Å². The second-order valence-corrected chi connectivity index (χ2v) is 4.23. The molecule has 0 aromatic heterocycles. The van der Waals surface area contributed by atoms with Crippen molar-refractivity contribution in [3.8, 4) is 11.5 Å². The van der Waals surface area contributed by atoms with Gasteiger partial charge in [-0.2, -0.15) is 8.42 Å². The third-order valence-electron chi connectivity index (χ3n) is 2.00. The third kappa shape index (κ3) is 3.86. The summed E-state index contributed by atoms with van der Waals surface area (Å²) >= 11 is 0. The fourth-order valence-corrected chi connectivity index (χ4v) is 1.73. The molecule has 2 rings (SSSR count). The molecule has 0 fully saturated rings. The fraction of sp³-hybridized carbons (Fsp3) is 0. The van der Waals surface area contributed by atoms with E-state index >= 15 is 0 Å². The summed E-state index contributed by atoms with van der Waals surface area (Å²) in [4.78, 5) is 0. The molecular formula is C10H9NaO5S. The van der Waals surface area contributed by atoms with Crippen molar-refractivity contribution in [1.29, 1.82) is 0 Å². The predicted octanol–water partition coefficient (Wildman–Crippen LogP) is 1.08. The zero-order valence-corrected chi connectivity index (χ0v) is 8.81. The van der Waals surface area contributed by atoms with E-state index < -0.39 is 10.4 Å². The first-order valence-corrected chi connectivity index (χ1v) is 5.70. The summed E-state index contributed by atoms with van der Waals surface area (Å²) in [7, 11) is -4.50. The van der Waals surface area contributed by atoms with Crippen LogP contribution in [0, 0.1) is 0 Å². The Morgan fingerprint density at radius 1 is 1.00 bits per heavy atom. The van der Waals surface area contributed by atoms with Gasteiger partial charge in [0, 0.05) is 0 Å². The van der Waals surface area contributed by atoms with Gasteiger partial charge in [-0.15, -0.1) is 0 Å². The van der Waals surface area contributed by atoms with Crippen molar-refractivity contribution in [2.45, 2.75) is 0 Å². The van der Waals surface area contributed by atoms with Crippen LogP contribution in [0.15, 0.2) is 36.4 Å². The van der Waals surface area contributed by atoms with Gasteiger partial charge in [-0.05, 0) is 35.0 Å². The third-order valence-corrected chi connectivity index (χ3v) is 2.40. The average Bonchev–Trinajstić information content (AvgIpc) is 2.16. The Balaban J connectivity index is 0.00000144. The zero-order chi connectivity index (χ0) is 11.8. The second kappa shape index (κ2) is 5.24. The van der Waals surface area contributed by atoms with Gasteiger partial charge >= 0.3 is 40.0 Å². The zero-order valence-electron chi connectivity index (χ0n) is 7.99. The normalized spacial score (nSPS) is 10.9. The van der Waals surface area contributed by atoms with Crippen LogP contribution in [-0.2, 0) is 10.4 Å². The van der Waals surface area contributed by atoms with Crippen LogP contribution in [-0.4, -0.2) is 47.6 Å². The quantitative estimate of drug-likeness (QED) is 0.626. The molecule has 2 N–H and O–H groups in total. The van der Waals surface area contributed by atoms with E-state index in [1.165, 1.54) is 24.3 Å². The molecule has 0 bridgehead atoms. The van der Waals surface area contributed by atoms with E-state index in [0.29, 0.717) is 5.39 Å². The molecule has 17 heavy (non-hydrogen) atoms. The van der Waals surface area contributed by atoms with Crippen LogP contribution in [0.3, 0.4) is 0 Å². The molecular weight excluding hydrogens is 255 g/mol. The SMILES string of the molecule is O=S(=O)(O)Oc1ccc2cc(O)ccc2c1.[NaH]. The van der Waals surface area contributed by atoms with Gasteiger partial charge in [0.2, 0.25) is 0 Å². The van der Waals surface area contributed by atoms with Crippen molar-refractivity contribution in [2.24, 2.45) is 0 Å². The first-order valence-electron chi connectivity index (χ1n) is 4.34. The van der Waals surface area contributed by atoms with E-state index in [0.717, 1.165) is 5.39 Å². The fourth-order valence-electron chi connectivity index (χ4n) is 1.38. The van der Waals surface area contributed by atoms with Crippen LogP contribution in [0.25, 0.3) is 10.8 Å². The maximum absolute atomic E-state index is 10.5. The van der Waals surface area contributed by atoms with Gasteiger partial charge in [-0.3, -0.25) is 4.55 Å². The predicted molar refractivity (Wildman–Crippen MR) is 64.9 cm³/mol. The summed E-state index contributed by atoms with van der Waals surface area (Å²) in [5, 5.41) is 10.7. The molecule has 0 spiro atoms. The van der Waals surface area contributed by atoms with Crippen LogP contribution in [0.5, 0.6) is 11.5 Å². The number of benzene rings is 2. The standard InChI is InChI=1S/C10H8O5S.Na.H/c11-9-3-1-8-6-10(15-16(12,13)14)4-2-7(8)5-9;;/h1-6,11H,(H,12,13,14);;.